The molecule has 1 fully saturated rings. The summed E-state index contributed by atoms with van der Waals surface area (Å²) < 4.78 is 0. The highest BCUT2D eigenvalue weighted by molar-refractivity contribution is 5.70. The molecule has 1 saturated carbocycles. The molecule has 0 aromatic carbocycles. The average molecular weight is 227 g/mol. The topological polar surface area (TPSA) is 63.3 Å². The SMILES string of the molecule is CC(CCCC1CCC1)CC(CN)C(=O)O. The fourth-order valence-electron chi connectivity index (χ4n) is 2.44. The fourth-order valence-corrected chi connectivity index (χ4v) is 2.44. The second-order valence-corrected chi connectivity index (χ2v) is 5.34. The summed E-state index contributed by atoms with van der Waals surface area (Å²) in [4.78, 5) is 10.8. The third-order valence-corrected chi connectivity index (χ3v) is 3.85. The maximum Gasteiger partial charge on any atom is 0.307 e. The van der Waals surface area contributed by atoms with Crippen LogP contribution in [0.2, 0.25) is 0 Å². The van der Waals surface area contributed by atoms with Crippen LogP contribution in [0.15, 0.2) is 0 Å². The maximum absolute atomic E-state index is 10.8. The smallest absolute Gasteiger partial charge is 0.307 e. The number of carboxylic acids is 1. The lowest BCUT2D eigenvalue weighted by Gasteiger charge is -2.25. The molecule has 0 bridgehead atoms. The first-order chi connectivity index (χ1) is 7.63. The molecule has 0 amide bonds. The van der Waals surface area contributed by atoms with E-state index in [0.29, 0.717) is 5.92 Å². The minimum atomic E-state index is -0.742. The highest BCUT2D eigenvalue weighted by atomic mass is 16.4. The number of carboxylic acid groups (broad SMARTS) is 1. The van der Waals surface area contributed by atoms with Crippen LogP contribution in [-0.4, -0.2) is 17.6 Å². The number of aliphatic carboxylic acids is 1. The molecule has 3 heteroatoms. The van der Waals surface area contributed by atoms with E-state index in [1.807, 2.05) is 0 Å². The number of hydrogen-bond donors (Lipinski definition) is 2. The number of carbonyl (C=O) groups is 1. The molecule has 2 atom stereocenters. The van der Waals surface area contributed by atoms with E-state index < -0.39 is 5.97 Å². The Labute approximate surface area is 98.4 Å². The van der Waals surface area contributed by atoms with Gasteiger partial charge in [-0.15, -0.1) is 0 Å². The molecule has 0 aromatic rings. The third-order valence-electron chi connectivity index (χ3n) is 3.85. The Morgan fingerprint density at radius 2 is 2.19 bits per heavy atom. The fraction of sp³-hybridized carbons (Fsp3) is 0.923. The molecule has 0 aromatic heterocycles. The van der Waals surface area contributed by atoms with Gasteiger partial charge in [0, 0.05) is 6.54 Å². The van der Waals surface area contributed by atoms with Crippen molar-refractivity contribution in [2.75, 3.05) is 6.54 Å². The highest BCUT2D eigenvalue weighted by Crippen LogP contribution is 2.31. The van der Waals surface area contributed by atoms with Crippen molar-refractivity contribution in [3.8, 4) is 0 Å². The van der Waals surface area contributed by atoms with Crippen molar-refractivity contribution in [2.24, 2.45) is 23.5 Å². The van der Waals surface area contributed by atoms with Gasteiger partial charge in [-0.25, -0.2) is 0 Å². The van der Waals surface area contributed by atoms with E-state index in [1.54, 1.807) is 0 Å². The average Bonchev–Trinajstić information content (AvgIpc) is 2.17. The highest BCUT2D eigenvalue weighted by Gasteiger charge is 2.20. The molecule has 0 heterocycles. The van der Waals surface area contributed by atoms with Gasteiger partial charge < -0.3 is 10.8 Å². The van der Waals surface area contributed by atoms with Crippen LogP contribution in [0, 0.1) is 17.8 Å². The zero-order chi connectivity index (χ0) is 12.0. The molecular formula is C13H25NO2. The Balaban J connectivity index is 2.08. The first kappa shape index (κ1) is 13.5. The molecule has 1 aliphatic rings. The van der Waals surface area contributed by atoms with Gasteiger partial charge >= 0.3 is 5.97 Å². The Kier molecular flexibility index (Phi) is 5.81. The van der Waals surface area contributed by atoms with Crippen molar-refractivity contribution in [3.63, 3.8) is 0 Å². The van der Waals surface area contributed by atoms with Gasteiger partial charge in [0.15, 0.2) is 0 Å². The quantitative estimate of drug-likeness (QED) is 0.670. The third kappa shape index (κ3) is 4.52. The molecule has 0 radical (unpaired) electrons. The maximum atomic E-state index is 10.8. The summed E-state index contributed by atoms with van der Waals surface area (Å²) in [5, 5.41) is 8.90. The van der Waals surface area contributed by atoms with E-state index in [-0.39, 0.29) is 12.5 Å². The molecule has 0 aliphatic heterocycles. The van der Waals surface area contributed by atoms with Gasteiger partial charge in [0.2, 0.25) is 0 Å². The van der Waals surface area contributed by atoms with Crippen molar-refractivity contribution in [3.05, 3.63) is 0 Å². The van der Waals surface area contributed by atoms with Crippen LogP contribution in [0.1, 0.15) is 51.9 Å². The minimum Gasteiger partial charge on any atom is -0.481 e. The molecule has 2 unspecified atom stereocenters. The normalized spacial score (nSPS) is 20.1. The lowest BCUT2D eigenvalue weighted by molar-refractivity contribution is -0.141. The lowest BCUT2D eigenvalue weighted by Crippen LogP contribution is -2.25. The molecular weight excluding hydrogens is 202 g/mol. The Morgan fingerprint density at radius 1 is 1.50 bits per heavy atom. The second kappa shape index (κ2) is 6.89. The predicted octanol–water partition coefficient (Wildman–Crippen LogP) is 2.64. The van der Waals surface area contributed by atoms with Crippen LogP contribution in [0.4, 0.5) is 0 Å². The molecule has 0 spiro atoms. The van der Waals surface area contributed by atoms with Gasteiger partial charge in [-0.05, 0) is 18.3 Å². The van der Waals surface area contributed by atoms with Crippen molar-refractivity contribution in [2.45, 2.75) is 51.9 Å². The molecule has 1 rings (SSSR count). The Bertz CT molecular complexity index is 214. The van der Waals surface area contributed by atoms with E-state index in [4.69, 9.17) is 10.8 Å². The number of hydrogen-bond acceptors (Lipinski definition) is 2. The molecule has 16 heavy (non-hydrogen) atoms. The van der Waals surface area contributed by atoms with E-state index in [2.05, 4.69) is 6.92 Å². The Morgan fingerprint density at radius 3 is 2.62 bits per heavy atom. The summed E-state index contributed by atoms with van der Waals surface area (Å²) in [6, 6.07) is 0. The van der Waals surface area contributed by atoms with Crippen LogP contribution >= 0.6 is 0 Å². The molecule has 3 nitrogen and oxygen atoms in total. The first-order valence-electron chi connectivity index (χ1n) is 6.56. The summed E-state index contributed by atoms with van der Waals surface area (Å²) in [5.74, 6) is 0.369. The predicted molar refractivity (Wildman–Crippen MR) is 65.2 cm³/mol. The van der Waals surface area contributed by atoms with Gasteiger partial charge in [-0.3, -0.25) is 4.79 Å². The standard InChI is InChI=1S/C13H25NO2/c1-10(8-12(9-14)13(15)16)4-2-5-11-6-3-7-11/h10-12H,2-9,14H2,1H3,(H,15,16). The van der Waals surface area contributed by atoms with Crippen LogP contribution < -0.4 is 5.73 Å². The lowest BCUT2D eigenvalue weighted by atomic mass is 9.80. The van der Waals surface area contributed by atoms with E-state index >= 15 is 0 Å². The largest absolute Gasteiger partial charge is 0.481 e. The molecule has 0 saturated heterocycles. The molecule has 1 aliphatic carbocycles. The van der Waals surface area contributed by atoms with Gasteiger partial charge in [0.05, 0.1) is 5.92 Å². The van der Waals surface area contributed by atoms with Crippen molar-refractivity contribution >= 4 is 5.97 Å². The minimum absolute atomic E-state index is 0.266. The number of nitrogens with two attached hydrogens (primary N) is 1. The van der Waals surface area contributed by atoms with Crippen molar-refractivity contribution in [1.82, 2.24) is 0 Å². The molecule has 3 N–H and O–H groups in total. The summed E-state index contributed by atoms with van der Waals surface area (Å²) in [5.41, 5.74) is 5.45. The summed E-state index contributed by atoms with van der Waals surface area (Å²) >= 11 is 0. The zero-order valence-electron chi connectivity index (χ0n) is 10.3. The summed E-state index contributed by atoms with van der Waals surface area (Å²) in [6.45, 7) is 2.41. The van der Waals surface area contributed by atoms with E-state index in [0.717, 1.165) is 18.8 Å². The summed E-state index contributed by atoms with van der Waals surface area (Å²) in [7, 11) is 0. The van der Waals surface area contributed by atoms with Crippen LogP contribution in [0.25, 0.3) is 0 Å². The van der Waals surface area contributed by atoms with Crippen LogP contribution in [-0.2, 0) is 4.79 Å². The summed E-state index contributed by atoms with van der Waals surface area (Å²) in [6.07, 6.45) is 8.71. The van der Waals surface area contributed by atoms with Crippen LogP contribution in [0.3, 0.4) is 0 Å². The Hall–Kier alpha value is -0.570. The first-order valence-corrected chi connectivity index (χ1v) is 6.56. The van der Waals surface area contributed by atoms with Crippen LogP contribution in [0.5, 0.6) is 0 Å². The monoisotopic (exact) mass is 227 g/mol. The van der Waals surface area contributed by atoms with Gasteiger partial charge in [-0.2, -0.15) is 0 Å². The van der Waals surface area contributed by atoms with Crippen molar-refractivity contribution in [1.29, 1.82) is 0 Å². The van der Waals surface area contributed by atoms with Gasteiger partial charge in [0.25, 0.3) is 0 Å². The van der Waals surface area contributed by atoms with Gasteiger partial charge in [0.1, 0.15) is 0 Å². The van der Waals surface area contributed by atoms with E-state index in [9.17, 15) is 4.79 Å². The number of rotatable bonds is 8. The zero-order valence-corrected chi connectivity index (χ0v) is 10.3. The van der Waals surface area contributed by atoms with E-state index in [1.165, 1.54) is 32.1 Å². The second-order valence-electron chi connectivity index (χ2n) is 5.34. The van der Waals surface area contributed by atoms with Crippen molar-refractivity contribution < 1.29 is 9.90 Å². The molecule has 94 valence electrons. The van der Waals surface area contributed by atoms with Gasteiger partial charge in [-0.1, -0.05) is 45.4 Å².